The molecular weight excluding hydrogens is 258 g/mol. The molecule has 0 aromatic heterocycles. The van der Waals surface area contributed by atoms with Gasteiger partial charge in [0.25, 0.3) is 0 Å². The molecule has 106 valence electrons. The van der Waals surface area contributed by atoms with Crippen LogP contribution < -0.4 is 10.6 Å². The number of carboxylic acid groups (broad SMARTS) is 1. The Morgan fingerprint density at radius 2 is 2.16 bits per heavy atom. The zero-order valence-electron chi connectivity index (χ0n) is 10.3. The number of urea groups is 1. The fourth-order valence-corrected chi connectivity index (χ4v) is 1.66. The number of nitrogens with one attached hydrogen (secondary N) is 2. The highest BCUT2D eigenvalue weighted by Crippen LogP contribution is 2.09. The van der Waals surface area contributed by atoms with Crippen molar-refractivity contribution in [1.29, 1.82) is 0 Å². The predicted molar refractivity (Wildman–Crippen MR) is 61.0 cm³/mol. The molecular formula is C10H15N3O6. The van der Waals surface area contributed by atoms with Crippen LogP contribution >= 0.6 is 0 Å². The number of aliphatic hydroxyl groups excluding tert-OH is 1. The molecule has 1 heterocycles. The second kappa shape index (κ2) is 6.14. The molecule has 9 heteroatoms. The van der Waals surface area contributed by atoms with Crippen molar-refractivity contribution in [2.45, 2.75) is 25.5 Å². The minimum Gasteiger partial charge on any atom is -0.479 e. The molecule has 2 atom stereocenters. The molecule has 2 unspecified atom stereocenters. The molecule has 1 saturated heterocycles. The quantitative estimate of drug-likeness (QED) is 0.432. The highest BCUT2D eigenvalue weighted by Gasteiger charge is 2.35. The SMILES string of the molecule is CCC1C(=O)NC(=O)CN1C(=O)NCC(O)C(=O)O. The molecule has 0 radical (unpaired) electrons. The number of nitrogens with zero attached hydrogens (tertiary/aromatic N) is 1. The van der Waals surface area contributed by atoms with Gasteiger partial charge in [0.05, 0.1) is 6.54 Å². The summed E-state index contributed by atoms with van der Waals surface area (Å²) in [5, 5.41) is 21.7. The van der Waals surface area contributed by atoms with Gasteiger partial charge in [-0.3, -0.25) is 14.9 Å². The second-order valence-electron chi connectivity index (χ2n) is 4.00. The van der Waals surface area contributed by atoms with Crippen LogP contribution in [0.5, 0.6) is 0 Å². The maximum absolute atomic E-state index is 11.8. The molecule has 0 aromatic rings. The fraction of sp³-hybridized carbons (Fsp3) is 0.600. The van der Waals surface area contributed by atoms with Gasteiger partial charge in [0.1, 0.15) is 12.6 Å². The Morgan fingerprint density at radius 3 is 2.68 bits per heavy atom. The lowest BCUT2D eigenvalue weighted by Gasteiger charge is -2.33. The van der Waals surface area contributed by atoms with Crippen molar-refractivity contribution < 1.29 is 29.4 Å². The van der Waals surface area contributed by atoms with Crippen LogP contribution in [0.1, 0.15) is 13.3 Å². The summed E-state index contributed by atoms with van der Waals surface area (Å²) in [5.74, 6) is -2.66. The average Bonchev–Trinajstić information content (AvgIpc) is 2.34. The standard InChI is InChI=1S/C10H15N3O6/c1-2-5-8(16)12-7(15)4-13(5)10(19)11-3-6(14)9(17)18/h5-6,14H,2-4H2,1H3,(H,11,19)(H,17,18)(H,12,15,16). The second-order valence-corrected chi connectivity index (χ2v) is 4.00. The topological polar surface area (TPSA) is 136 Å². The highest BCUT2D eigenvalue weighted by molar-refractivity contribution is 6.04. The van der Waals surface area contributed by atoms with Gasteiger partial charge in [-0.25, -0.2) is 9.59 Å². The van der Waals surface area contributed by atoms with E-state index in [9.17, 15) is 19.2 Å². The molecule has 0 bridgehead atoms. The zero-order valence-corrected chi connectivity index (χ0v) is 10.3. The molecule has 1 aliphatic heterocycles. The van der Waals surface area contributed by atoms with E-state index in [1.165, 1.54) is 0 Å². The minimum absolute atomic E-state index is 0.292. The number of amides is 4. The van der Waals surface area contributed by atoms with Gasteiger partial charge in [0.2, 0.25) is 11.8 Å². The normalized spacial score (nSPS) is 20.7. The third-order valence-electron chi connectivity index (χ3n) is 2.63. The van der Waals surface area contributed by atoms with Crippen LogP contribution in [0.25, 0.3) is 0 Å². The Bertz CT molecular complexity index is 410. The Kier molecular flexibility index (Phi) is 4.81. The summed E-state index contributed by atoms with van der Waals surface area (Å²) in [6.45, 7) is 0.878. The highest BCUT2D eigenvalue weighted by atomic mass is 16.4. The van der Waals surface area contributed by atoms with E-state index in [-0.39, 0.29) is 6.54 Å². The van der Waals surface area contributed by atoms with Crippen LogP contribution in [0.15, 0.2) is 0 Å². The summed E-state index contributed by atoms with van der Waals surface area (Å²) in [6, 6.07) is -1.56. The number of piperazine rings is 1. The van der Waals surface area contributed by atoms with E-state index in [1.807, 2.05) is 0 Å². The molecule has 0 spiro atoms. The molecule has 1 fully saturated rings. The first-order valence-corrected chi connectivity index (χ1v) is 5.65. The number of carbonyl (C=O) groups excluding carboxylic acids is 3. The van der Waals surface area contributed by atoms with Gasteiger partial charge in [-0.2, -0.15) is 0 Å². The van der Waals surface area contributed by atoms with Gasteiger partial charge in [-0.15, -0.1) is 0 Å². The van der Waals surface area contributed by atoms with Gasteiger partial charge >= 0.3 is 12.0 Å². The molecule has 1 aliphatic rings. The van der Waals surface area contributed by atoms with Gasteiger partial charge < -0.3 is 20.4 Å². The zero-order chi connectivity index (χ0) is 14.6. The monoisotopic (exact) mass is 273 g/mol. The summed E-state index contributed by atoms with van der Waals surface area (Å²) >= 11 is 0. The predicted octanol–water partition coefficient (Wildman–Crippen LogP) is -2.12. The molecule has 1 rings (SSSR count). The molecule has 19 heavy (non-hydrogen) atoms. The fourth-order valence-electron chi connectivity index (χ4n) is 1.66. The number of hydrogen-bond donors (Lipinski definition) is 4. The summed E-state index contributed by atoms with van der Waals surface area (Å²) in [7, 11) is 0. The van der Waals surface area contributed by atoms with Crippen LogP contribution in [0.4, 0.5) is 4.79 Å². The van der Waals surface area contributed by atoms with E-state index >= 15 is 0 Å². The largest absolute Gasteiger partial charge is 0.479 e. The van der Waals surface area contributed by atoms with Crippen LogP contribution in [0.2, 0.25) is 0 Å². The molecule has 4 amide bonds. The summed E-state index contributed by atoms with van der Waals surface area (Å²) in [6.07, 6.45) is -1.42. The van der Waals surface area contributed by atoms with E-state index in [2.05, 4.69) is 10.6 Å². The number of aliphatic carboxylic acids is 1. The van der Waals surface area contributed by atoms with Crippen molar-refractivity contribution in [2.24, 2.45) is 0 Å². The minimum atomic E-state index is -1.74. The number of imide groups is 1. The average molecular weight is 273 g/mol. The molecule has 0 saturated carbocycles. The van der Waals surface area contributed by atoms with E-state index in [1.54, 1.807) is 6.92 Å². The van der Waals surface area contributed by atoms with E-state index in [0.717, 1.165) is 4.90 Å². The van der Waals surface area contributed by atoms with E-state index < -0.39 is 42.5 Å². The van der Waals surface area contributed by atoms with E-state index in [0.29, 0.717) is 6.42 Å². The molecule has 0 aromatic carbocycles. The van der Waals surface area contributed by atoms with Crippen LogP contribution in [-0.2, 0) is 14.4 Å². The Hall–Kier alpha value is -2.16. The van der Waals surface area contributed by atoms with Gasteiger partial charge in [-0.1, -0.05) is 6.92 Å². The lowest BCUT2D eigenvalue weighted by atomic mass is 10.1. The number of hydrogen-bond acceptors (Lipinski definition) is 5. The van der Waals surface area contributed by atoms with Crippen molar-refractivity contribution in [3.8, 4) is 0 Å². The van der Waals surface area contributed by atoms with Crippen LogP contribution in [0.3, 0.4) is 0 Å². The lowest BCUT2D eigenvalue weighted by Crippen LogP contribution is -2.61. The number of carbonyl (C=O) groups is 4. The Labute approximate surface area is 108 Å². The van der Waals surface area contributed by atoms with E-state index in [4.69, 9.17) is 10.2 Å². The first-order chi connectivity index (χ1) is 8.86. The third-order valence-corrected chi connectivity index (χ3v) is 2.63. The first-order valence-electron chi connectivity index (χ1n) is 5.65. The van der Waals surface area contributed by atoms with Gasteiger partial charge in [-0.05, 0) is 6.42 Å². The van der Waals surface area contributed by atoms with Crippen LogP contribution in [-0.4, -0.2) is 64.2 Å². The molecule has 4 N–H and O–H groups in total. The summed E-state index contributed by atoms with van der Waals surface area (Å²) < 4.78 is 0. The maximum Gasteiger partial charge on any atom is 0.334 e. The molecule has 0 aliphatic carbocycles. The Balaban J connectivity index is 2.65. The number of aliphatic hydroxyl groups is 1. The van der Waals surface area contributed by atoms with Crippen molar-refractivity contribution in [3.05, 3.63) is 0 Å². The van der Waals surface area contributed by atoms with Crippen LogP contribution in [0, 0.1) is 0 Å². The third kappa shape index (κ3) is 3.65. The number of carboxylic acids is 1. The van der Waals surface area contributed by atoms with Gasteiger partial charge in [0, 0.05) is 0 Å². The summed E-state index contributed by atoms with van der Waals surface area (Å²) in [4.78, 5) is 45.9. The lowest BCUT2D eigenvalue weighted by molar-refractivity contribution is -0.146. The van der Waals surface area contributed by atoms with Crippen molar-refractivity contribution in [3.63, 3.8) is 0 Å². The molecule has 9 nitrogen and oxygen atoms in total. The van der Waals surface area contributed by atoms with Crippen molar-refractivity contribution >= 4 is 23.8 Å². The smallest absolute Gasteiger partial charge is 0.334 e. The maximum atomic E-state index is 11.8. The summed E-state index contributed by atoms with van der Waals surface area (Å²) in [5.41, 5.74) is 0. The Morgan fingerprint density at radius 1 is 1.53 bits per heavy atom. The first kappa shape index (κ1) is 14.9. The van der Waals surface area contributed by atoms with Crippen molar-refractivity contribution in [2.75, 3.05) is 13.1 Å². The van der Waals surface area contributed by atoms with Gasteiger partial charge in [0.15, 0.2) is 6.10 Å². The number of rotatable bonds is 4. The van der Waals surface area contributed by atoms with Crippen molar-refractivity contribution in [1.82, 2.24) is 15.5 Å².